The van der Waals surface area contributed by atoms with Crippen molar-refractivity contribution in [2.45, 2.75) is 32.2 Å². The van der Waals surface area contributed by atoms with Crippen LogP contribution >= 0.6 is 15.9 Å². The third-order valence-corrected chi connectivity index (χ3v) is 3.70. The van der Waals surface area contributed by atoms with E-state index >= 15 is 0 Å². The average molecular weight is 299 g/mol. The minimum atomic E-state index is -0.292. The molecule has 3 N–H and O–H groups in total. The average Bonchev–Trinajstić information content (AvgIpc) is 2.36. The van der Waals surface area contributed by atoms with Gasteiger partial charge in [0.1, 0.15) is 0 Å². The second-order valence-electron chi connectivity index (χ2n) is 4.16. The molecule has 0 heterocycles. The Morgan fingerprint density at radius 1 is 1.41 bits per heavy atom. The summed E-state index contributed by atoms with van der Waals surface area (Å²) in [5, 5.41) is 3.04. The number of rotatable bonds is 5. The Bertz CT molecular complexity index is 380. The molecule has 0 atom stereocenters. The minimum absolute atomic E-state index is 0.0690. The van der Waals surface area contributed by atoms with Gasteiger partial charge in [0.2, 0.25) is 0 Å². The second kappa shape index (κ2) is 6.17. The molecule has 0 aromatic heterocycles. The Hall–Kier alpha value is -0.870. The topological polar surface area (TPSA) is 55.1 Å². The molecule has 0 saturated heterocycles. The van der Waals surface area contributed by atoms with E-state index in [0.717, 1.165) is 17.3 Å². The van der Waals surface area contributed by atoms with Crippen LogP contribution in [-0.2, 0) is 0 Å². The fourth-order valence-electron chi connectivity index (χ4n) is 1.71. The van der Waals surface area contributed by atoms with E-state index in [4.69, 9.17) is 5.73 Å². The summed E-state index contributed by atoms with van der Waals surface area (Å²) in [6.45, 7) is 4.54. The van der Waals surface area contributed by atoms with Crippen molar-refractivity contribution in [3.63, 3.8) is 0 Å². The smallest absolute Gasteiger partial charge is 0.251 e. The van der Waals surface area contributed by atoms with Crippen LogP contribution in [0.15, 0.2) is 28.7 Å². The maximum absolute atomic E-state index is 12.1. The predicted octanol–water partition coefficient (Wildman–Crippen LogP) is 2.70. The van der Waals surface area contributed by atoms with E-state index in [2.05, 4.69) is 21.2 Å². The summed E-state index contributed by atoms with van der Waals surface area (Å²) >= 11 is 3.36. The van der Waals surface area contributed by atoms with Crippen molar-refractivity contribution >= 4 is 21.8 Å². The molecule has 0 unspecified atom stereocenters. The van der Waals surface area contributed by atoms with Crippen LogP contribution in [0.5, 0.6) is 0 Å². The van der Waals surface area contributed by atoms with E-state index in [1.807, 2.05) is 32.0 Å². The number of carbonyl (C=O) groups excluding carboxylic acids is 1. The molecule has 94 valence electrons. The molecule has 0 bridgehead atoms. The van der Waals surface area contributed by atoms with Crippen molar-refractivity contribution in [1.82, 2.24) is 5.32 Å². The van der Waals surface area contributed by atoms with Gasteiger partial charge >= 0.3 is 0 Å². The zero-order chi connectivity index (χ0) is 12.9. The standard InChI is InChI=1S/C13H19BrN2O/c1-3-13(4-2,9-15)16-12(17)10-6-5-7-11(14)8-10/h5-8H,3-4,9,15H2,1-2H3,(H,16,17). The van der Waals surface area contributed by atoms with E-state index in [9.17, 15) is 4.79 Å². The van der Waals surface area contributed by atoms with Gasteiger partial charge in [-0.05, 0) is 31.0 Å². The SMILES string of the molecule is CCC(CC)(CN)NC(=O)c1cccc(Br)c1. The van der Waals surface area contributed by atoms with Gasteiger partial charge in [-0.2, -0.15) is 0 Å². The molecule has 1 amide bonds. The Balaban J connectivity index is 2.84. The monoisotopic (exact) mass is 298 g/mol. The highest BCUT2D eigenvalue weighted by molar-refractivity contribution is 9.10. The molecular formula is C13H19BrN2O. The van der Waals surface area contributed by atoms with Gasteiger partial charge in [0, 0.05) is 16.6 Å². The largest absolute Gasteiger partial charge is 0.345 e. The van der Waals surface area contributed by atoms with Crippen LogP contribution in [0.1, 0.15) is 37.0 Å². The highest BCUT2D eigenvalue weighted by Crippen LogP contribution is 2.16. The first kappa shape index (κ1) is 14.2. The van der Waals surface area contributed by atoms with E-state index in [1.165, 1.54) is 0 Å². The quantitative estimate of drug-likeness (QED) is 0.878. The summed E-state index contributed by atoms with van der Waals surface area (Å²) in [5.74, 6) is -0.0690. The number of halogens is 1. The van der Waals surface area contributed by atoms with Crippen molar-refractivity contribution in [1.29, 1.82) is 0 Å². The Labute approximate surface area is 111 Å². The Kier molecular flexibility index (Phi) is 5.15. The first-order valence-electron chi connectivity index (χ1n) is 5.85. The van der Waals surface area contributed by atoms with Crippen LogP contribution in [0.25, 0.3) is 0 Å². The highest BCUT2D eigenvalue weighted by Gasteiger charge is 2.26. The molecule has 0 radical (unpaired) electrons. The zero-order valence-corrected chi connectivity index (χ0v) is 11.9. The van der Waals surface area contributed by atoms with Gasteiger partial charge in [-0.25, -0.2) is 0 Å². The molecular weight excluding hydrogens is 280 g/mol. The fourth-order valence-corrected chi connectivity index (χ4v) is 2.11. The lowest BCUT2D eigenvalue weighted by atomic mass is 9.92. The van der Waals surface area contributed by atoms with Crippen molar-refractivity contribution in [3.05, 3.63) is 34.3 Å². The first-order valence-corrected chi connectivity index (χ1v) is 6.64. The number of nitrogens with one attached hydrogen (secondary N) is 1. The zero-order valence-electron chi connectivity index (χ0n) is 10.3. The Morgan fingerprint density at radius 3 is 2.53 bits per heavy atom. The predicted molar refractivity (Wildman–Crippen MR) is 74.0 cm³/mol. The van der Waals surface area contributed by atoms with Gasteiger partial charge in [0.15, 0.2) is 0 Å². The van der Waals surface area contributed by atoms with Gasteiger partial charge in [0.05, 0.1) is 5.54 Å². The van der Waals surface area contributed by atoms with Gasteiger partial charge in [-0.3, -0.25) is 4.79 Å². The van der Waals surface area contributed by atoms with Crippen molar-refractivity contribution < 1.29 is 4.79 Å². The Morgan fingerprint density at radius 2 is 2.06 bits per heavy atom. The van der Waals surface area contributed by atoms with Crippen molar-refractivity contribution in [2.24, 2.45) is 5.73 Å². The summed E-state index contributed by atoms with van der Waals surface area (Å²) in [6.07, 6.45) is 1.67. The number of carbonyl (C=O) groups is 1. The molecule has 1 aromatic rings. The summed E-state index contributed by atoms with van der Waals surface area (Å²) in [6, 6.07) is 7.35. The molecule has 4 heteroatoms. The normalized spacial score (nSPS) is 11.3. The lowest BCUT2D eigenvalue weighted by Crippen LogP contribution is -2.52. The maximum atomic E-state index is 12.1. The van der Waals surface area contributed by atoms with Crippen LogP contribution in [0.2, 0.25) is 0 Å². The van der Waals surface area contributed by atoms with E-state index in [0.29, 0.717) is 12.1 Å². The summed E-state index contributed by atoms with van der Waals surface area (Å²) in [7, 11) is 0. The van der Waals surface area contributed by atoms with Gasteiger partial charge in [-0.1, -0.05) is 35.8 Å². The van der Waals surface area contributed by atoms with Gasteiger partial charge in [-0.15, -0.1) is 0 Å². The summed E-state index contributed by atoms with van der Waals surface area (Å²) < 4.78 is 0.900. The molecule has 1 aromatic carbocycles. The molecule has 0 aliphatic carbocycles. The third kappa shape index (κ3) is 3.54. The molecule has 0 spiro atoms. The van der Waals surface area contributed by atoms with Crippen LogP contribution < -0.4 is 11.1 Å². The van der Waals surface area contributed by atoms with E-state index < -0.39 is 0 Å². The lowest BCUT2D eigenvalue weighted by Gasteiger charge is -2.31. The summed E-state index contributed by atoms with van der Waals surface area (Å²) in [4.78, 5) is 12.1. The second-order valence-corrected chi connectivity index (χ2v) is 5.07. The number of hydrogen-bond donors (Lipinski definition) is 2. The number of benzene rings is 1. The first-order chi connectivity index (χ1) is 8.06. The molecule has 0 aliphatic heterocycles. The lowest BCUT2D eigenvalue weighted by molar-refractivity contribution is 0.0895. The van der Waals surface area contributed by atoms with E-state index in [1.54, 1.807) is 6.07 Å². The van der Waals surface area contributed by atoms with Crippen LogP contribution in [0.4, 0.5) is 0 Å². The fraction of sp³-hybridized carbons (Fsp3) is 0.462. The molecule has 3 nitrogen and oxygen atoms in total. The molecule has 0 aliphatic rings. The van der Waals surface area contributed by atoms with Crippen LogP contribution in [0.3, 0.4) is 0 Å². The van der Waals surface area contributed by atoms with Crippen molar-refractivity contribution in [2.75, 3.05) is 6.54 Å². The van der Waals surface area contributed by atoms with E-state index in [-0.39, 0.29) is 11.4 Å². The molecule has 1 rings (SSSR count). The number of nitrogens with two attached hydrogens (primary N) is 1. The van der Waals surface area contributed by atoms with Gasteiger partial charge in [0.25, 0.3) is 5.91 Å². The number of hydrogen-bond acceptors (Lipinski definition) is 2. The summed E-state index contributed by atoms with van der Waals surface area (Å²) in [5.41, 5.74) is 6.12. The van der Waals surface area contributed by atoms with Crippen LogP contribution in [0, 0.1) is 0 Å². The highest BCUT2D eigenvalue weighted by atomic mass is 79.9. The van der Waals surface area contributed by atoms with Gasteiger partial charge < -0.3 is 11.1 Å². The number of amides is 1. The molecule has 0 saturated carbocycles. The minimum Gasteiger partial charge on any atom is -0.345 e. The van der Waals surface area contributed by atoms with Crippen LogP contribution in [-0.4, -0.2) is 18.0 Å². The van der Waals surface area contributed by atoms with Crippen molar-refractivity contribution in [3.8, 4) is 0 Å². The molecule has 0 fully saturated rings. The third-order valence-electron chi connectivity index (χ3n) is 3.21. The maximum Gasteiger partial charge on any atom is 0.251 e. The molecule has 17 heavy (non-hydrogen) atoms.